The summed E-state index contributed by atoms with van der Waals surface area (Å²) >= 11 is 10.6. The van der Waals surface area contributed by atoms with E-state index < -0.39 is 0 Å². The van der Waals surface area contributed by atoms with E-state index in [4.69, 9.17) is 29.6 Å². The Labute approximate surface area is 90.7 Å². The Hall–Kier alpha value is -1.20. The van der Waals surface area contributed by atoms with Crippen molar-refractivity contribution in [2.45, 2.75) is 6.54 Å². The Morgan fingerprint density at radius 2 is 2.36 bits per heavy atom. The maximum Gasteiger partial charge on any atom is 0.160 e. The first-order valence-corrected chi connectivity index (χ1v) is 4.70. The molecule has 0 radical (unpaired) electrons. The zero-order chi connectivity index (χ0) is 10.1. The lowest BCUT2D eigenvalue weighted by atomic mass is 10.4. The zero-order valence-corrected chi connectivity index (χ0v) is 8.72. The van der Waals surface area contributed by atoms with Crippen molar-refractivity contribution < 1.29 is 0 Å². The number of thiocarbonyl (C=S) groups is 1. The largest absolute Gasteiger partial charge is 0.392 e. The van der Waals surface area contributed by atoms with Gasteiger partial charge in [0.25, 0.3) is 0 Å². The van der Waals surface area contributed by atoms with Crippen LogP contribution in [0.15, 0.2) is 18.6 Å². The van der Waals surface area contributed by atoms with Crippen molar-refractivity contribution in [1.82, 2.24) is 14.5 Å². The molecule has 2 aromatic rings. The van der Waals surface area contributed by atoms with Crippen LogP contribution in [0.25, 0.3) is 11.2 Å². The fourth-order valence-corrected chi connectivity index (χ4v) is 1.50. The van der Waals surface area contributed by atoms with Gasteiger partial charge in [0.1, 0.15) is 5.52 Å². The summed E-state index contributed by atoms with van der Waals surface area (Å²) in [7, 11) is 0. The first-order chi connectivity index (χ1) is 6.66. The fourth-order valence-electron chi connectivity index (χ4n) is 1.21. The van der Waals surface area contributed by atoms with Crippen molar-refractivity contribution >= 4 is 40.0 Å². The van der Waals surface area contributed by atoms with Gasteiger partial charge in [-0.15, -0.1) is 0 Å². The number of pyridine rings is 1. The van der Waals surface area contributed by atoms with Gasteiger partial charge in [-0.3, -0.25) is 0 Å². The maximum absolute atomic E-state index is 5.77. The molecule has 0 saturated heterocycles. The second-order valence-corrected chi connectivity index (χ2v) is 3.80. The lowest BCUT2D eigenvalue weighted by Crippen LogP contribution is -2.16. The average molecular weight is 227 g/mol. The van der Waals surface area contributed by atoms with Crippen LogP contribution in [-0.4, -0.2) is 19.5 Å². The molecular formula is C8H7ClN4S. The van der Waals surface area contributed by atoms with E-state index in [9.17, 15) is 0 Å². The standard InChI is InChI=1S/C8H7ClN4S/c9-5-1-6-8(11-2-5)13(4-12-6)3-7(10)14/h1-2,4H,3H2,(H2,10,14). The summed E-state index contributed by atoms with van der Waals surface area (Å²) in [6.45, 7) is 0.445. The van der Waals surface area contributed by atoms with Crippen LogP contribution >= 0.6 is 23.8 Å². The lowest BCUT2D eigenvalue weighted by molar-refractivity contribution is 0.871. The van der Waals surface area contributed by atoms with E-state index in [1.165, 1.54) is 0 Å². The number of hydrogen-bond acceptors (Lipinski definition) is 3. The third-order valence-corrected chi connectivity index (χ3v) is 2.08. The molecule has 0 aliphatic heterocycles. The minimum Gasteiger partial charge on any atom is -0.392 e. The normalized spacial score (nSPS) is 10.6. The molecule has 0 fully saturated rings. The highest BCUT2D eigenvalue weighted by atomic mass is 35.5. The molecule has 14 heavy (non-hydrogen) atoms. The number of aromatic nitrogens is 3. The lowest BCUT2D eigenvalue weighted by Gasteiger charge is -2.00. The van der Waals surface area contributed by atoms with Gasteiger partial charge >= 0.3 is 0 Å². The summed E-state index contributed by atoms with van der Waals surface area (Å²) in [4.78, 5) is 8.68. The van der Waals surface area contributed by atoms with Gasteiger partial charge < -0.3 is 10.3 Å². The number of imidazole rings is 1. The third kappa shape index (κ3) is 1.69. The van der Waals surface area contributed by atoms with E-state index in [1.807, 2.05) is 0 Å². The van der Waals surface area contributed by atoms with Crippen LogP contribution in [-0.2, 0) is 6.54 Å². The Balaban J connectivity index is 2.52. The predicted molar refractivity (Wildman–Crippen MR) is 59.3 cm³/mol. The van der Waals surface area contributed by atoms with E-state index in [0.717, 1.165) is 11.2 Å². The van der Waals surface area contributed by atoms with Crippen molar-refractivity contribution in [1.29, 1.82) is 0 Å². The number of rotatable bonds is 2. The molecule has 2 rings (SSSR count). The smallest absolute Gasteiger partial charge is 0.160 e. The van der Waals surface area contributed by atoms with Gasteiger partial charge in [0.15, 0.2) is 5.65 Å². The first-order valence-electron chi connectivity index (χ1n) is 3.91. The second-order valence-electron chi connectivity index (χ2n) is 2.84. The molecule has 0 aromatic carbocycles. The van der Waals surface area contributed by atoms with E-state index in [-0.39, 0.29) is 0 Å². The van der Waals surface area contributed by atoms with Crippen molar-refractivity contribution in [2.24, 2.45) is 5.73 Å². The molecule has 0 atom stereocenters. The number of nitrogens with zero attached hydrogens (tertiary/aromatic N) is 3. The van der Waals surface area contributed by atoms with E-state index in [0.29, 0.717) is 16.6 Å². The Bertz CT molecular complexity index is 493. The Morgan fingerprint density at radius 3 is 3.07 bits per heavy atom. The van der Waals surface area contributed by atoms with Gasteiger partial charge in [-0.05, 0) is 6.07 Å². The van der Waals surface area contributed by atoms with E-state index >= 15 is 0 Å². The molecule has 0 saturated carbocycles. The first kappa shape index (κ1) is 9.36. The van der Waals surface area contributed by atoms with Crippen LogP contribution < -0.4 is 5.73 Å². The van der Waals surface area contributed by atoms with Crippen LogP contribution in [0.3, 0.4) is 0 Å². The van der Waals surface area contributed by atoms with Crippen LogP contribution in [0.1, 0.15) is 0 Å². The van der Waals surface area contributed by atoms with E-state index in [1.54, 1.807) is 23.2 Å². The molecule has 2 N–H and O–H groups in total. The molecular weight excluding hydrogens is 220 g/mol. The molecule has 4 nitrogen and oxygen atoms in total. The highest BCUT2D eigenvalue weighted by molar-refractivity contribution is 7.80. The molecule has 0 aliphatic rings. The molecule has 0 amide bonds. The zero-order valence-electron chi connectivity index (χ0n) is 7.14. The summed E-state index contributed by atoms with van der Waals surface area (Å²) in [5.74, 6) is 0. The fraction of sp³-hybridized carbons (Fsp3) is 0.125. The minimum atomic E-state index is 0.404. The van der Waals surface area contributed by atoms with Gasteiger partial charge in [0.2, 0.25) is 0 Å². The monoisotopic (exact) mass is 226 g/mol. The Kier molecular flexibility index (Phi) is 2.35. The number of halogens is 1. The van der Waals surface area contributed by atoms with Gasteiger partial charge in [-0.25, -0.2) is 9.97 Å². The summed E-state index contributed by atoms with van der Waals surface area (Å²) in [5.41, 5.74) is 6.92. The molecule has 0 unspecified atom stereocenters. The van der Waals surface area contributed by atoms with Gasteiger partial charge in [0, 0.05) is 6.20 Å². The second kappa shape index (κ2) is 3.51. The van der Waals surface area contributed by atoms with Crippen molar-refractivity contribution in [3.8, 4) is 0 Å². The van der Waals surface area contributed by atoms with Gasteiger partial charge in [-0.2, -0.15) is 0 Å². The summed E-state index contributed by atoms with van der Waals surface area (Å²) < 4.78 is 1.79. The quantitative estimate of drug-likeness (QED) is 0.786. The number of hydrogen-bond donors (Lipinski definition) is 1. The van der Waals surface area contributed by atoms with E-state index in [2.05, 4.69) is 9.97 Å². The SMILES string of the molecule is NC(=S)Cn1cnc2cc(Cl)cnc21. The molecule has 0 spiro atoms. The molecule has 2 aromatic heterocycles. The highest BCUT2D eigenvalue weighted by Crippen LogP contribution is 2.14. The summed E-state index contributed by atoms with van der Waals surface area (Å²) in [6.07, 6.45) is 3.22. The van der Waals surface area contributed by atoms with Crippen molar-refractivity contribution in [2.75, 3.05) is 0 Å². The molecule has 2 heterocycles. The molecule has 0 bridgehead atoms. The van der Waals surface area contributed by atoms with Crippen molar-refractivity contribution in [3.63, 3.8) is 0 Å². The number of fused-ring (bicyclic) bond motifs is 1. The minimum absolute atomic E-state index is 0.404. The van der Waals surface area contributed by atoms with Gasteiger partial charge in [-0.1, -0.05) is 23.8 Å². The molecule has 0 aliphatic carbocycles. The predicted octanol–water partition coefficient (Wildman–Crippen LogP) is 1.37. The van der Waals surface area contributed by atoms with Crippen LogP contribution in [0.5, 0.6) is 0 Å². The maximum atomic E-state index is 5.77. The molecule has 72 valence electrons. The van der Waals surface area contributed by atoms with Crippen LogP contribution in [0, 0.1) is 0 Å². The summed E-state index contributed by atoms with van der Waals surface area (Å²) in [6, 6.07) is 1.75. The van der Waals surface area contributed by atoms with Crippen LogP contribution in [0.4, 0.5) is 0 Å². The Morgan fingerprint density at radius 1 is 1.57 bits per heavy atom. The van der Waals surface area contributed by atoms with Crippen LogP contribution in [0.2, 0.25) is 5.02 Å². The third-order valence-electron chi connectivity index (χ3n) is 1.75. The number of nitrogens with two attached hydrogens (primary N) is 1. The average Bonchev–Trinajstić information content (AvgIpc) is 2.47. The highest BCUT2D eigenvalue weighted by Gasteiger charge is 2.04. The van der Waals surface area contributed by atoms with Gasteiger partial charge in [0.05, 0.1) is 22.9 Å². The van der Waals surface area contributed by atoms with Crippen molar-refractivity contribution in [3.05, 3.63) is 23.6 Å². The topological polar surface area (TPSA) is 56.7 Å². The molecule has 6 heteroatoms. The summed E-state index contributed by atoms with van der Waals surface area (Å²) in [5, 5.41) is 0.568.